The van der Waals surface area contributed by atoms with E-state index in [0.29, 0.717) is 46.6 Å². The van der Waals surface area contributed by atoms with Crippen LogP contribution in [0.3, 0.4) is 0 Å². The summed E-state index contributed by atoms with van der Waals surface area (Å²) < 4.78 is 48.5. The third-order valence-corrected chi connectivity index (χ3v) is 10.3. The van der Waals surface area contributed by atoms with Crippen molar-refractivity contribution in [2.24, 2.45) is 17.3 Å². The summed E-state index contributed by atoms with van der Waals surface area (Å²) in [7, 11) is -4.22. The molecule has 36 heavy (non-hydrogen) atoms. The number of hydrogen-bond acceptors (Lipinski definition) is 8. The topological polar surface area (TPSA) is 133 Å². The van der Waals surface area contributed by atoms with E-state index in [4.69, 9.17) is 18.8 Å². The second kappa shape index (κ2) is 10.6. The molecule has 1 aromatic rings. The molecule has 4 bridgehead atoms. The number of benzene rings is 1. The second-order valence-electron chi connectivity index (χ2n) is 9.96. The van der Waals surface area contributed by atoms with Crippen molar-refractivity contribution in [3.05, 3.63) is 31.1 Å². The SMILES string of the molecule is O=C(CCOC(=O)C12CC3CC(CC(OC(=O)c4cc(Br)cc(Br)c4Br)(C3)C1)C2)OCCS(=O)(=O)O. The number of hydrogen-bond donors (Lipinski definition) is 1. The third kappa shape index (κ3) is 6.33. The summed E-state index contributed by atoms with van der Waals surface area (Å²) in [6.07, 6.45) is 3.86. The molecule has 0 amide bonds. The Morgan fingerprint density at radius 1 is 1.00 bits per heavy atom. The van der Waals surface area contributed by atoms with Gasteiger partial charge in [0.1, 0.15) is 24.6 Å². The van der Waals surface area contributed by atoms with Crippen molar-refractivity contribution in [2.45, 2.75) is 50.5 Å². The molecular weight excluding hydrogens is 692 g/mol. The van der Waals surface area contributed by atoms with Crippen molar-refractivity contribution < 1.29 is 41.6 Å². The van der Waals surface area contributed by atoms with Crippen LogP contribution in [0.1, 0.15) is 55.3 Å². The normalized spacial score (nSPS) is 28.6. The molecule has 2 atom stereocenters. The van der Waals surface area contributed by atoms with E-state index in [9.17, 15) is 22.8 Å². The first-order chi connectivity index (χ1) is 16.8. The van der Waals surface area contributed by atoms with Crippen LogP contribution in [0.5, 0.6) is 0 Å². The molecule has 1 aromatic carbocycles. The van der Waals surface area contributed by atoms with E-state index >= 15 is 0 Å². The minimum Gasteiger partial charge on any atom is -0.465 e. The van der Waals surface area contributed by atoms with Crippen molar-refractivity contribution in [2.75, 3.05) is 19.0 Å². The molecule has 4 fully saturated rings. The summed E-state index contributed by atoms with van der Waals surface area (Å²) in [4.78, 5) is 38.2. The lowest BCUT2D eigenvalue weighted by atomic mass is 9.48. The number of esters is 3. The van der Waals surface area contributed by atoms with Gasteiger partial charge in [-0.3, -0.25) is 14.1 Å². The zero-order valence-electron chi connectivity index (χ0n) is 19.1. The van der Waals surface area contributed by atoms with Gasteiger partial charge >= 0.3 is 17.9 Å². The number of carbonyl (C=O) groups excluding carboxylic acids is 3. The first kappa shape index (κ1) is 28.0. The number of ether oxygens (including phenoxy) is 3. The quantitative estimate of drug-likeness (QED) is 0.165. The molecule has 4 aliphatic carbocycles. The molecule has 2 unspecified atom stereocenters. The number of rotatable bonds is 9. The zero-order valence-corrected chi connectivity index (χ0v) is 24.7. The summed E-state index contributed by atoms with van der Waals surface area (Å²) in [5.74, 6) is -1.80. The van der Waals surface area contributed by atoms with E-state index in [1.807, 2.05) is 6.07 Å². The van der Waals surface area contributed by atoms with Crippen LogP contribution in [0.15, 0.2) is 25.6 Å². The first-order valence-corrected chi connectivity index (χ1v) is 15.4. The van der Waals surface area contributed by atoms with Crippen molar-refractivity contribution in [1.29, 1.82) is 0 Å². The highest BCUT2D eigenvalue weighted by molar-refractivity contribution is 9.13. The van der Waals surface area contributed by atoms with E-state index in [1.54, 1.807) is 6.07 Å². The highest BCUT2D eigenvalue weighted by Crippen LogP contribution is 2.63. The molecule has 5 rings (SSSR count). The Kier molecular flexibility index (Phi) is 8.26. The molecule has 4 aliphatic rings. The van der Waals surface area contributed by atoms with Crippen LogP contribution >= 0.6 is 47.8 Å². The van der Waals surface area contributed by atoms with Gasteiger partial charge in [0.2, 0.25) is 0 Å². The predicted octanol–water partition coefficient (Wildman–Crippen LogP) is 4.83. The number of halogens is 3. The van der Waals surface area contributed by atoms with Gasteiger partial charge in [0.05, 0.1) is 17.4 Å². The maximum Gasteiger partial charge on any atom is 0.339 e. The molecule has 1 N–H and O–H groups in total. The van der Waals surface area contributed by atoms with Crippen LogP contribution in [0.25, 0.3) is 0 Å². The fraction of sp³-hybridized carbons (Fsp3) is 0.609. The van der Waals surface area contributed by atoms with Gasteiger partial charge in [-0.05, 0) is 87.9 Å². The first-order valence-electron chi connectivity index (χ1n) is 11.5. The average Bonchev–Trinajstić information content (AvgIpc) is 2.74. The Hall–Kier alpha value is -1.02. The molecule has 0 heterocycles. The van der Waals surface area contributed by atoms with Gasteiger partial charge < -0.3 is 14.2 Å². The molecule has 4 saturated carbocycles. The lowest BCUT2D eigenvalue weighted by molar-refractivity contribution is -0.197. The van der Waals surface area contributed by atoms with Crippen LogP contribution in [-0.4, -0.2) is 55.4 Å². The Balaban J connectivity index is 1.39. The van der Waals surface area contributed by atoms with Gasteiger partial charge in [-0.2, -0.15) is 8.42 Å². The highest BCUT2D eigenvalue weighted by Gasteiger charge is 2.63. The smallest absolute Gasteiger partial charge is 0.339 e. The van der Waals surface area contributed by atoms with Crippen LogP contribution in [0, 0.1) is 17.3 Å². The van der Waals surface area contributed by atoms with Crippen LogP contribution in [-0.2, 0) is 33.9 Å². The maximum absolute atomic E-state index is 13.2. The summed E-state index contributed by atoms with van der Waals surface area (Å²) in [6, 6.07) is 3.51. The summed E-state index contributed by atoms with van der Waals surface area (Å²) in [5.41, 5.74) is -1.13. The third-order valence-electron chi connectivity index (χ3n) is 7.11. The second-order valence-corrected chi connectivity index (χ2v) is 14.1. The van der Waals surface area contributed by atoms with Crippen molar-refractivity contribution in [3.8, 4) is 0 Å². The van der Waals surface area contributed by atoms with Gasteiger partial charge in [-0.1, -0.05) is 15.9 Å². The van der Waals surface area contributed by atoms with Crippen LogP contribution in [0.2, 0.25) is 0 Å². The summed E-state index contributed by atoms with van der Waals surface area (Å²) in [6.45, 7) is -0.677. The minimum atomic E-state index is -4.22. The average molecular weight is 717 g/mol. The molecule has 9 nitrogen and oxygen atoms in total. The van der Waals surface area contributed by atoms with Crippen LogP contribution < -0.4 is 0 Å². The molecule has 0 radical (unpaired) electrons. The molecule has 0 aliphatic heterocycles. The standard InChI is InChI=1S/C23H25Br3O9S/c24-15-6-16(19(26)17(25)7-15)20(28)35-23-10-13-5-14(11-23)9-22(8-13,12-23)21(29)34-2-1-18(27)33-3-4-36(30,31)32/h6-7,13-14H,1-5,8-12H2,(H,30,31,32). The largest absolute Gasteiger partial charge is 0.465 e. The Labute approximate surface area is 234 Å². The van der Waals surface area contributed by atoms with Gasteiger partial charge in [-0.25, -0.2) is 4.79 Å². The van der Waals surface area contributed by atoms with E-state index in [-0.39, 0.29) is 24.9 Å². The molecule has 13 heteroatoms. The van der Waals surface area contributed by atoms with Gasteiger partial charge in [0.15, 0.2) is 0 Å². The van der Waals surface area contributed by atoms with E-state index < -0.39 is 51.4 Å². The Morgan fingerprint density at radius 3 is 2.31 bits per heavy atom. The van der Waals surface area contributed by atoms with Crippen molar-refractivity contribution in [1.82, 2.24) is 0 Å². The molecular formula is C23H25Br3O9S. The molecule has 0 saturated heterocycles. The predicted molar refractivity (Wildman–Crippen MR) is 138 cm³/mol. The lowest BCUT2D eigenvalue weighted by Gasteiger charge is -2.59. The zero-order chi connectivity index (χ0) is 26.3. The van der Waals surface area contributed by atoms with Crippen LogP contribution in [0.4, 0.5) is 0 Å². The Morgan fingerprint density at radius 2 is 1.67 bits per heavy atom. The van der Waals surface area contributed by atoms with Gasteiger partial charge in [0.25, 0.3) is 10.1 Å². The van der Waals surface area contributed by atoms with Gasteiger partial charge in [0, 0.05) is 19.8 Å². The Bertz CT molecular complexity index is 1170. The lowest BCUT2D eigenvalue weighted by Crippen LogP contribution is -2.60. The number of carbonyl (C=O) groups is 3. The van der Waals surface area contributed by atoms with E-state index in [0.717, 1.165) is 10.9 Å². The van der Waals surface area contributed by atoms with E-state index in [2.05, 4.69) is 47.8 Å². The molecule has 198 valence electrons. The molecule has 0 aromatic heterocycles. The van der Waals surface area contributed by atoms with Crippen molar-refractivity contribution >= 4 is 75.8 Å². The maximum atomic E-state index is 13.2. The minimum absolute atomic E-state index is 0.202. The monoisotopic (exact) mass is 714 g/mol. The highest BCUT2D eigenvalue weighted by atomic mass is 79.9. The summed E-state index contributed by atoms with van der Waals surface area (Å²) in [5, 5.41) is 0. The fourth-order valence-corrected chi connectivity index (χ4v) is 8.12. The fourth-order valence-electron chi connectivity index (χ4n) is 6.21. The summed E-state index contributed by atoms with van der Waals surface area (Å²) >= 11 is 10.3. The van der Waals surface area contributed by atoms with E-state index in [1.165, 1.54) is 0 Å². The van der Waals surface area contributed by atoms with Gasteiger partial charge in [-0.15, -0.1) is 0 Å². The molecule has 0 spiro atoms. The van der Waals surface area contributed by atoms with Crippen molar-refractivity contribution in [3.63, 3.8) is 0 Å².